The molecule has 1 aliphatic carbocycles. The zero-order chi connectivity index (χ0) is 17.6. The second-order valence-electron chi connectivity index (χ2n) is 7.04. The summed E-state index contributed by atoms with van der Waals surface area (Å²) in [7, 11) is 0. The fourth-order valence-corrected chi connectivity index (χ4v) is 3.91. The van der Waals surface area contributed by atoms with Crippen LogP contribution in [-0.4, -0.2) is 29.9 Å². The van der Waals surface area contributed by atoms with Gasteiger partial charge in [0.25, 0.3) is 0 Å². The standard InChI is InChI=1S/C20H20F2N2O.ClH/c21-13-6-7-18(22)15(8-13)14-9-16(14)20(25)24-10-17(19(23)11-24)12-4-2-1-3-5-12;/h1-8,14,16-17,19H,9-11,23H2;1H/t14?,16?,17-,19+;/m0./s1. The summed E-state index contributed by atoms with van der Waals surface area (Å²) in [5, 5.41) is 0. The third-order valence-electron chi connectivity index (χ3n) is 5.37. The third-order valence-corrected chi connectivity index (χ3v) is 5.37. The highest BCUT2D eigenvalue weighted by atomic mass is 35.5. The first-order valence-electron chi connectivity index (χ1n) is 8.59. The van der Waals surface area contributed by atoms with E-state index in [1.807, 2.05) is 30.3 Å². The summed E-state index contributed by atoms with van der Waals surface area (Å²) in [6, 6.07) is 13.3. The zero-order valence-electron chi connectivity index (χ0n) is 14.1. The average molecular weight is 379 g/mol. The number of nitrogens with two attached hydrogens (primary N) is 1. The molecule has 2 fully saturated rings. The molecule has 2 unspecified atom stereocenters. The van der Waals surface area contributed by atoms with E-state index in [-0.39, 0.29) is 42.1 Å². The summed E-state index contributed by atoms with van der Waals surface area (Å²) in [5.74, 6) is -1.28. The first-order chi connectivity index (χ1) is 12.0. The smallest absolute Gasteiger partial charge is 0.226 e. The maximum Gasteiger partial charge on any atom is 0.226 e. The minimum atomic E-state index is -0.471. The van der Waals surface area contributed by atoms with Gasteiger partial charge in [0.15, 0.2) is 0 Å². The molecule has 1 amide bonds. The van der Waals surface area contributed by atoms with E-state index >= 15 is 0 Å². The largest absolute Gasteiger partial charge is 0.340 e. The lowest BCUT2D eigenvalue weighted by Gasteiger charge is -2.16. The summed E-state index contributed by atoms with van der Waals surface area (Å²) in [6.07, 6.45) is 0.570. The molecule has 1 saturated heterocycles. The van der Waals surface area contributed by atoms with E-state index in [0.29, 0.717) is 25.1 Å². The molecule has 138 valence electrons. The Morgan fingerprint density at radius 1 is 1.04 bits per heavy atom. The molecule has 0 spiro atoms. The number of nitrogens with zero attached hydrogens (tertiary/aromatic N) is 1. The number of rotatable bonds is 3. The Hall–Kier alpha value is -1.98. The first kappa shape index (κ1) is 18.8. The number of carbonyl (C=O) groups excluding carboxylic acids is 1. The van der Waals surface area contributed by atoms with Crippen molar-refractivity contribution < 1.29 is 13.6 Å². The second kappa shape index (κ2) is 7.33. The normalized spacial score (nSPS) is 27.1. The lowest BCUT2D eigenvalue weighted by molar-refractivity contribution is -0.131. The minimum Gasteiger partial charge on any atom is -0.340 e. The SMILES string of the molecule is Cl.N[C@@H]1CN(C(=O)C2CC2c2cc(F)ccc2F)C[C@H]1c1ccccc1. The van der Waals surface area contributed by atoms with Crippen LogP contribution in [0.5, 0.6) is 0 Å². The van der Waals surface area contributed by atoms with Crippen LogP contribution in [0.1, 0.15) is 29.4 Å². The van der Waals surface area contributed by atoms with E-state index in [1.54, 1.807) is 4.90 Å². The van der Waals surface area contributed by atoms with Gasteiger partial charge < -0.3 is 10.6 Å². The molecular formula is C20H21ClF2N2O. The first-order valence-corrected chi connectivity index (χ1v) is 8.59. The number of halogens is 3. The Morgan fingerprint density at radius 3 is 2.50 bits per heavy atom. The summed E-state index contributed by atoms with van der Waals surface area (Å²) < 4.78 is 27.3. The number of carbonyl (C=O) groups is 1. The fourth-order valence-electron chi connectivity index (χ4n) is 3.91. The fraction of sp³-hybridized carbons (Fsp3) is 0.350. The molecule has 2 aliphatic rings. The van der Waals surface area contributed by atoms with Crippen LogP contribution in [0.3, 0.4) is 0 Å². The predicted octanol–water partition coefficient (Wildman–Crippen LogP) is 3.44. The van der Waals surface area contributed by atoms with Gasteiger partial charge in [0.1, 0.15) is 11.6 Å². The van der Waals surface area contributed by atoms with E-state index in [1.165, 1.54) is 6.07 Å². The monoisotopic (exact) mass is 378 g/mol. The Bertz CT molecular complexity index is 802. The highest BCUT2D eigenvalue weighted by Gasteiger charge is 2.48. The van der Waals surface area contributed by atoms with E-state index in [0.717, 1.165) is 17.7 Å². The van der Waals surface area contributed by atoms with Crippen LogP contribution in [-0.2, 0) is 4.79 Å². The van der Waals surface area contributed by atoms with Crippen molar-refractivity contribution in [1.82, 2.24) is 4.90 Å². The molecule has 0 bridgehead atoms. The molecule has 3 nitrogen and oxygen atoms in total. The molecule has 4 atom stereocenters. The second-order valence-corrected chi connectivity index (χ2v) is 7.04. The van der Waals surface area contributed by atoms with Crippen LogP contribution in [0, 0.1) is 17.6 Å². The number of benzene rings is 2. The molecular weight excluding hydrogens is 358 g/mol. The molecule has 0 radical (unpaired) electrons. The molecule has 1 heterocycles. The van der Waals surface area contributed by atoms with Gasteiger partial charge >= 0.3 is 0 Å². The van der Waals surface area contributed by atoms with Crippen molar-refractivity contribution in [2.75, 3.05) is 13.1 Å². The van der Waals surface area contributed by atoms with Crippen LogP contribution in [0.25, 0.3) is 0 Å². The lowest BCUT2D eigenvalue weighted by Crippen LogP contribution is -2.33. The van der Waals surface area contributed by atoms with Crippen LogP contribution >= 0.6 is 12.4 Å². The minimum absolute atomic E-state index is 0. The maximum absolute atomic E-state index is 13.9. The highest BCUT2D eigenvalue weighted by molar-refractivity contribution is 5.85. The Balaban J connectivity index is 0.00000196. The summed E-state index contributed by atoms with van der Waals surface area (Å²) in [6.45, 7) is 1.09. The number of amides is 1. The van der Waals surface area contributed by atoms with E-state index < -0.39 is 11.6 Å². The van der Waals surface area contributed by atoms with Crippen molar-refractivity contribution in [1.29, 1.82) is 0 Å². The highest BCUT2D eigenvalue weighted by Crippen LogP contribution is 2.50. The van der Waals surface area contributed by atoms with Crippen molar-refractivity contribution in [3.05, 3.63) is 71.3 Å². The molecule has 2 N–H and O–H groups in total. The maximum atomic E-state index is 13.9. The Kier molecular flexibility index (Phi) is 5.30. The van der Waals surface area contributed by atoms with Gasteiger partial charge in [-0.05, 0) is 41.7 Å². The predicted molar refractivity (Wildman–Crippen MR) is 98.2 cm³/mol. The Labute approximate surface area is 157 Å². The third kappa shape index (κ3) is 3.46. The molecule has 2 aromatic carbocycles. The van der Waals surface area contributed by atoms with Crippen molar-refractivity contribution in [3.8, 4) is 0 Å². The van der Waals surface area contributed by atoms with Crippen LogP contribution in [0.4, 0.5) is 8.78 Å². The van der Waals surface area contributed by atoms with Gasteiger partial charge in [-0.3, -0.25) is 4.79 Å². The quantitative estimate of drug-likeness (QED) is 0.889. The van der Waals surface area contributed by atoms with Gasteiger partial charge in [-0.1, -0.05) is 30.3 Å². The molecule has 26 heavy (non-hydrogen) atoms. The molecule has 0 aromatic heterocycles. The average Bonchev–Trinajstić information content (AvgIpc) is 3.32. The topological polar surface area (TPSA) is 46.3 Å². The number of hydrogen-bond donors (Lipinski definition) is 1. The van der Waals surface area contributed by atoms with E-state index in [4.69, 9.17) is 5.73 Å². The van der Waals surface area contributed by atoms with Gasteiger partial charge in [-0.25, -0.2) is 8.78 Å². The number of hydrogen-bond acceptors (Lipinski definition) is 2. The van der Waals surface area contributed by atoms with Crippen LogP contribution in [0.15, 0.2) is 48.5 Å². The van der Waals surface area contributed by atoms with Gasteiger partial charge in [-0.15, -0.1) is 12.4 Å². The molecule has 1 saturated carbocycles. The van der Waals surface area contributed by atoms with Gasteiger partial charge in [0.05, 0.1) is 0 Å². The molecule has 2 aromatic rings. The van der Waals surface area contributed by atoms with Crippen LogP contribution in [0.2, 0.25) is 0 Å². The van der Waals surface area contributed by atoms with Gasteiger partial charge in [-0.2, -0.15) is 0 Å². The van der Waals surface area contributed by atoms with Crippen molar-refractivity contribution >= 4 is 18.3 Å². The number of likely N-dealkylation sites (tertiary alicyclic amines) is 1. The van der Waals surface area contributed by atoms with Crippen molar-refractivity contribution in [2.45, 2.75) is 24.3 Å². The Morgan fingerprint density at radius 2 is 1.77 bits per heavy atom. The summed E-state index contributed by atoms with van der Waals surface area (Å²) in [5.41, 5.74) is 7.69. The van der Waals surface area contributed by atoms with E-state index in [9.17, 15) is 13.6 Å². The van der Waals surface area contributed by atoms with Gasteiger partial charge in [0, 0.05) is 31.0 Å². The summed E-state index contributed by atoms with van der Waals surface area (Å²) >= 11 is 0. The van der Waals surface area contributed by atoms with Gasteiger partial charge in [0.2, 0.25) is 5.91 Å². The van der Waals surface area contributed by atoms with Crippen molar-refractivity contribution in [2.24, 2.45) is 11.7 Å². The van der Waals surface area contributed by atoms with Crippen molar-refractivity contribution in [3.63, 3.8) is 0 Å². The lowest BCUT2D eigenvalue weighted by atomic mass is 9.95. The molecule has 4 rings (SSSR count). The summed E-state index contributed by atoms with van der Waals surface area (Å²) in [4.78, 5) is 14.5. The zero-order valence-corrected chi connectivity index (χ0v) is 15.0. The molecule has 6 heteroatoms. The molecule has 1 aliphatic heterocycles. The van der Waals surface area contributed by atoms with E-state index in [2.05, 4.69) is 0 Å². The van der Waals surface area contributed by atoms with Crippen LogP contribution < -0.4 is 5.73 Å².